The lowest BCUT2D eigenvalue weighted by molar-refractivity contribution is 0.265. The zero-order chi connectivity index (χ0) is 13.1. The number of nitrogens with zero attached hydrogens (tertiary/aromatic N) is 5. The molecule has 1 aliphatic heterocycles. The Morgan fingerprint density at radius 1 is 1.21 bits per heavy atom. The summed E-state index contributed by atoms with van der Waals surface area (Å²) in [7, 11) is 0. The van der Waals surface area contributed by atoms with Gasteiger partial charge in [0.1, 0.15) is 6.33 Å². The number of hydrogen-bond acceptors (Lipinski definition) is 5. The van der Waals surface area contributed by atoms with Crippen LogP contribution >= 0.6 is 11.6 Å². The van der Waals surface area contributed by atoms with Crippen LogP contribution in [0, 0.1) is 0 Å². The van der Waals surface area contributed by atoms with Crippen molar-refractivity contribution in [2.24, 2.45) is 0 Å². The lowest BCUT2D eigenvalue weighted by Crippen LogP contribution is -2.32. The highest BCUT2D eigenvalue weighted by Gasteiger charge is 2.18. The first-order valence-corrected chi connectivity index (χ1v) is 6.79. The van der Waals surface area contributed by atoms with E-state index in [9.17, 15) is 0 Å². The normalized spacial score (nSPS) is 15.2. The van der Waals surface area contributed by atoms with E-state index >= 15 is 0 Å². The molecule has 0 fully saturated rings. The van der Waals surface area contributed by atoms with E-state index in [1.807, 2.05) is 6.20 Å². The molecule has 2 aromatic heterocycles. The van der Waals surface area contributed by atoms with E-state index in [-0.39, 0.29) is 0 Å². The molecule has 98 valence electrons. The monoisotopic (exact) mass is 275 g/mol. The molecule has 2 aromatic rings. The molecule has 0 spiro atoms. The standard InChI is InChI=1S/C13H14ClN5/c14-2-4-19-3-1-10-7-17-13(18-12(10)8-19)11-5-15-9-16-6-11/h5-7,9H,1-4,8H2. The molecule has 0 bridgehead atoms. The Kier molecular flexibility index (Phi) is 3.66. The third-order valence-corrected chi connectivity index (χ3v) is 3.41. The lowest BCUT2D eigenvalue weighted by Gasteiger charge is -2.27. The minimum absolute atomic E-state index is 0.653. The van der Waals surface area contributed by atoms with Gasteiger partial charge >= 0.3 is 0 Å². The molecule has 0 unspecified atom stereocenters. The fourth-order valence-corrected chi connectivity index (χ4v) is 2.46. The summed E-state index contributed by atoms with van der Waals surface area (Å²) in [5.74, 6) is 1.34. The summed E-state index contributed by atoms with van der Waals surface area (Å²) in [6.45, 7) is 2.76. The molecule has 0 aromatic carbocycles. The number of aromatic nitrogens is 4. The summed E-state index contributed by atoms with van der Waals surface area (Å²) in [6, 6.07) is 0. The maximum Gasteiger partial charge on any atom is 0.162 e. The van der Waals surface area contributed by atoms with Crippen molar-refractivity contribution >= 4 is 11.6 Å². The first kappa shape index (κ1) is 12.4. The highest BCUT2D eigenvalue weighted by Crippen LogP contribution is 2.19. The molecule has 3 rings (SSSR count). The summed E-state index contributed by atoms with van der Waals surface area (Å²) in [5, 5.41) is 0. The average Bonchev–Trinajstić information content (AvgIpc) is 2.48. The predicted octanol–water partition coefficient (Wildman–Crippen LogP) is 1.53. The van der Waals surface area contributed by atoms with Crippen LogP contribution in [0.5, 0.6) is 0 Å². The van der Waals surface area contributed by atoms with Crippen LogP contribution in [-0.4, -0.2) is 43.8 Å². The predicted molar refractivity (Wildman–Crippen MR) is 72.8 cm³/mol. The molecule has 0 saturated carbocycles. The minimum Gasteiger partial charge on any atom is -0.296 e. The van der Waals surface area contributed by atoms with Gasteiger partial charge < -0.3 is 0 Å². The Morgan fingerprint density at radius 3 is 2.84 bits per heavy atom. The smallest absolute Gasteiger partial charge is 0.162 e. The number of fused-ring (bicyclic) bond motifs is 1. The second kappa shape index (κ2) is 5.59. The maximum atomic E-state index is 5.80. The zero-order valence-corrected chi connectivity index (χ0v) is 11.2. The van der Waals surface area contributed by atoms with Crippen molar-refractivity contribution in [3.05, 3.63) is 36.2 Å². The quantitative estimate of drug-likeness (QED) is 0.795. The van der Waals surface area contributed by atoms with E-state index in [2.05, 4.69) is 24.8 Å². The Balaban J connectivity index is 1.89. The molecule has 0 N–H and O–H groups in total. The van der Waals surface area contributed by atoms with Crippen molar-refractivity contribution in [3.63, 3.8) is 0 Å². The SMILES string of the molecule is ClCCN1CCc2cnc(-c3cncnc3)nc2C1. The molecule has 3 heterocycles. The van der Waals surface area contributed by atoms with Gasteiger partial charge in [0, 0.05) is 44.1 Å². The molecular formula is C13H14ClN5. The van der Waals surface area contributed by atoms with Gasteiger partial charge in [0.25, 0.3) is 0 Å². The molecule has 6 heteroatoms. The minimum atomic E-state index is 0.653. The van der Waals surface area contributed by atoms with Crippen LogP contribution in [0.4, 0.5) is 0 Å². The van der Waals surface area contributed by atoms with Gasteiger partial charge in [-0.3, -0.25) is 4.90 Å². The van der Waals surface area contributed by atoms with Crippen LogP contribution in [0.2, 0.25) is 0 Å². The third-order valence-electron chi connectivity index (χ3n) is 3.24. The van der Waals surface area contributed by atoms with Crippen molar-refractivity contribution in [2.75, 3.05) is 19.0 Å². The Hall–Kier alpha value is -1.59. The van der Waals surface area contributed by atoms with Crippen LogP contribution in [0.3, 0.4) is 0 Å². The Bertz CT molecular complexity index is 560. The van der Waals surface area contributed by atoms with E-state index in [1.165, 1.54) is 11.9 Å². The van der Waals surface area contributed by atoms with Gasteiger partial charge in [-0.1, -0.05) is 0 Å². The van der Waals surface area contributed by atoms with Crippen LogP contribution in [0.1, 0.15) is 11.3 Å². The van der Waals surface area contributed by atoms with Gasteiger partial charge in [0.15, 0.2) is 5.82 Å². The fourth-order valence-electron chi connectivity index (χ4n) is 2.22. The van der Waals surface area contributed by atoms with Crippen molar-refractivity contribution in [1.29, 1.82) is 0 Å². The second-order valence-electron chi connectivity index (χ2n) is 4.51. The van der Waals surface area contributed by atoms with Gasteiger partial charge in [0.05, 0.1) is 11.3 Å². The maximum absolute atomic E-state index is 5.80. The van der Waals surface area contributed by atoms with Crippen molar-refractivity contribution in [3.8, 4) is 11.4 Å². The van der Waals surface area contributed by atoms with Gasteiger partial charge in [0.2, 0.25) is 0 Å². The van der Waals surface area contributed by atoms with Crippen LogP contribution in [0.25, 0.3) is 11.4 Å². The Labute approximate surface area is 116 Å². The molecule has 0 aliphatic carbocycles. The topological polar surface area (TPSA) is 54.8 Å². The molecule has 1 aliphatic rings. The van der Waals surface area contributed by atoms with Gasteiger partial charge in [-0.2, -0.15) is 0 Å². The molecule has 0 saturated heterocycles. The van der Waals surface area contributed by atoms with E-state index in [1.54, 1.807) is 12.4 Å². The highest BCUT2D eigenvalue weighted by molar-refractivity contribution is 6.18. The molecular weight excluding hydrogens is 262 g/mol. The summed E-state index contributed by atoms with van der Waals surface area (Å²) in [5.41, 5.74) is 3.16. The summed E-state index contributed by atoms with van der Waals surface area (Å²) in [6.07, 6.45) is 7.87. The first-order chi connectivity index (χ1) is 9.36. The molecule has 5 nitrogen and oxygen atoms in total. The summed E-state index contributed by atoms with van der Waals surface area (Å²) >= 11 is 5.80. The largest absolute Gasteiger partial charge is 0.296 e. The fraction of sp³-hybridized carbons (Fsp3) is 0.385. The van der Waals surface area contributed by atoms with E-state index in [0.717, 1.165) is 37.3 Å². The van der Waals surface area contributed by atoms with E-state index in [0.29, 0.717) is 11.7 Å². The van der Waals surface area contributed by atoms with Crippen molar-refractivity contribution in [1.82, 2.24) is 24.8 Å². The van der Waals surface area contributed by atoms with E-state index < -0.39 is 0 Å². The van der Waals surface area contributed by atoms with Crippen molar-refractivity contribution < 1.29 is 0 Å². The number of alkyl halides is 1. The van der Waals surface area contributed by atoms with Gasteiger partial charge in [-0.25, -0.2) is 19.9 Å². The van der Waals surface area contributed by atoms with Crippen LogP contribution in [-0.2, 0) is 13.0 Å². The average molecular weight is 276 g/mol. The number of rotatable bonds is 3. The summed E-state index contributed by atoms with van der Waals surface area (Å²) in [4.78, 5) is 19.3. The van der Waals surface area contributed by atoms with Crippen LogP contribution in [0.15, 0.2) is 24.9 Å². The first-order valence-electron chi connectivity index (χ1n) is 6.25. The molecule has 19 heavy (non-hydrogen) atoms. The highest BCUT2D eigenvalue weighted by atomic mass is 35.5. The molecule has 0 radical (unpaired) electrons. The summed E-state index contributed by atoms with van der Waals surface area (Å²) < 4.78 is 0. The van der Waals surface area contributed by atoms with Gasteiger partial charge in [-0.15, -0.1) is 11.6 Å². The number of hydrogen-bond donors (Lipinski definition) is 0. The molecule has 0 amide bonds. The van der Waals surface area contributed by atoms with Gasteiger partial charge in [-0.05, 0) is 12.0 Å². The lowest BCUT2D eigenvalue weighted by atomic mass is 10.1. The number of halogens is 1. The zero-order valence-electron chi connectivity index (χ0n) is 10.5. The second-order valence-corrected chi connectivity index (χ2v) is 4.89. The molecule has 0 atom stereocenters. The Morgan fingerprint density at radius 2 is 2.05 bits per heavy atom. The third kappa shape index (κ3) is 2.72. The van der Waals surface area contributed by atoms with Crippen molar-refractivity contribution in [2.45, 2.75) is 13.0 Å². The van der Waals surface area contributed by atoms with E-state index in [4.69, 9.17) is 11.6 Å². The van der Waals surface area contributed by atoms with Crippen LogP contribution < -0.4 is 0 Å².